The SMILES string of the molecule is COC(=O)c1ccc(C(=O)OC)c(S(=O)(=O)N2CC(C)CC(C(=O)O)C2)c1. The molecule has 1 aromatic carbocycles. The maximum atomic E-state index is 13.2. The number of nitrogens with zero attached hydrogens (tertiary/aromatic N) is 1. The third kappa shape index (κ3) is 4.28. The van der Waals surface area contributed by atoms with Crippen molar-refractivity contribution in [3.63, 3.8) is 0 Å². The summed E-state index contributed by atoms with van der Waals surface area (Å²) in [5.74, 6) is -3.77. The summed E-state index contributed by atoms with van der Waals surface area (Å²) in [6.07, 6.45) is 0.355. The summed E-state index contributed by atoms with van der Waals surface area (Å²) in [5.41, 5.74) is -0.293. The predicted octanol–water partition coefficient (Wildman–Crippen LogP) is 0.991. The molecule has 1 heterocycles. The van der Waals surface area contributed by atoms with Crippen molar-refractivity contribution in [1.29, 1.82) is 0 Å². The second-order valence-electron chi connectivity index (χ2n) is 6.39. The highest BCUT2D eigenvalue weighted by molar-refractivity contribution is 7.89. The summed E-state index contributed by atoms with van der Waals surface area (Å²) < 4.78 is 36.6. The van der Waals surface area contributed by atoms with Crippen molar-refractivity contribution in [2.75, 3.05) is 27.3 Å². The van der Waals surface area contributed by atoms with E-state index in [0.717, 1.165) is 24.6 Å². The number of ether oxygens (including phenoxy) is 2. The molecular formula is C17H21NO8S. The first kappa shape index (κ1) is 20.8. The number of benzene rings is 1. The number of carbonyl (C=O) groups is 3. The van der Waals surface area contributed by atoms with Crippen LogP contribution in [-0.4, -0.2) is 63.0 Å². The Morgan fingerprint density at radius 2 is 1.74 bits per heavy atom. The van der Waals surface area contributed by atoms with Crippen LogP contribution in [0.2, 0.25) is 0 Å². The Kier molecular flexibility index (Phi) is 6.22. The highest BCUT2D eigenvalue weighted by atomic mass is 32.2. The van der Waals surface area contributed by atoms with Crippen LogP contribution in [0, 0.1) is 11.8 Å². The van der Waals surface area contributed by atoms with Gasteiger partial charge in [-0.2, -0.15) is 4.31 Å². The van der Waals surface area contributed by atoms with E-state index >= 15 is 0 Å². The molecule has 2 unspecified atom stereocenters. The molecule has 0 aliphatic carbocycles. The number of carbonyl (C=O) groups excluding carboxylic acids is 2. The molecule has 1 N–H and O–H groups in total. The molecule has 1 fully saturated rings. The molecule has 1 saturated heterocycles. The van der Waals surface area contributed by atoms with Crippen LogP contribution in [-0.2, 0) is 24.3 Å². The van der Waals surface area contributed by atoms with Crippen molar-refractivity contribution >= 4 is 27.9 Å². The summed E-state index contributed by atoms with van der Waals surface area (Å²) in [5, 5.41) is 9.28. The lowest BCUT2D eigenvalue weighted by atomic mass is 9.92. The molecule has 0 spiro atoms. The summed E-state index contributed by atoms with van der Waals surface area (Å²) in [7, 11) is -2.00. The maximum absolute atomic E-state index is 13.2. The van der Waals surface area contributed by atoms with Gasteiger partial charge >= 0.3 is 17.9 Å². The van der Waals surface area contributed by atoms with Gasteiger partial charge in [-0.05, 0) is 30.5 Å². The predicted molar refractivity (Wildman–Crippen MR) is 92.8 cm³/mol. The fourth-order valence-corrected chi connectivity index (χ4v) is 4.89. The monoisotopic (exact) mass is 399 g/mol. The van der Waals surface area contributed by atoms with E-state index in [0.29, 0.717) is 6.42 Å². The standard InChI is InChI=1S/C17H21NO8S/c1-10-6-12(15(19)20)9-18(8-10)27(23,24)14-7-11(16(21)25-2)4-5-13(14)17(22)26-3/h4-5,7,10,12H,6,8-9H2,1-3H3,(H,19,20). The zero-order valence-corrected chi connectivity index (χ0v) is 16.0. The highest BCUT2D eigenvalue weighted by Gasteiger charge is 2.38. The molecule has 1 aromatic rings. The zero-order chi connectivity index (χ0) is 20.4. The number of carboxylic acids is 1. The fourth-order valence-electron chi connectivity index (χ4n) is 3.08. The fraction of sp³-hybridized carbons (Fsp3) is 0.471. The van der Waals surface area contributed by atoms with E-state index < -0.39 is 38.7 Å². The van der Waals surface area contributed by atoms with Crippen molar-refractivity contribution in [3.8, 4) is 0 Å². The number of piperidine rings is 1. The topological polar surface area (TPSA) is 127 Å². The van der Waals surface area contributed by atoms with E-state index in [1.54, 1.807) is 6.92 Å². The van der Waals surface area contributed by atoms with Gasteiger partial charge in [0.15, 0.2) is 0 Å². The normalized spacial score (nSPS) is 20.7. The van der Waals surface area contributed by atoms with E-state index in [1.165, 1.54) is 12.1 Å². The molecule has 10 heteroatoms. The van der Waals surface area contributed by atoms with E-state index in [1.807, 2.05) is 0 Å². The second-order valence-corrected chi connectivity index (χ2v) is 8.30. The minimum Gasteiger partial charge on any atom is -0.481 e. The van der Waals surface area contributed by atoms with Crippen molar-refractivity contribution in [2.45, 2.75) is 18.2 Å². The van der Waals surface area contributed by atoms with Gasteiger partial charge in [0.25, 0.3) is 0 Å². The third-order valence-electron chi connectivity index (χ3n) is 4.40. The zero-order valence-electron chi connectivity index (χ0n) is 15.2. The van der Waals surface area contributed by atoms with Crippen LogP contribution >= 0.6 is 0 Å². The molecule has 0 saturated carbocycles. The van der Waals surface area contributed by atoms with Gasteiger partial charge in [-0.3, -0.25) is 4.79 Å². The quantitative estimate of drug-likeness (QED) is 0.726. The minimum atomic E-state index is -4.25. The Balaban J connectivity index is 2.56. The number of hydrogen-bond donors (Lipinski definition) is 1. The second kappa shape index (κ2) is 8.05. The molecule has 0 radical (unpaired) electrons. The van der Waals surface area contributed by atoms with E-state index in [-0.39, 0.29) is 30.1 Å². The van der Waals surface area contributed by atoms with Crippen LogP contribution < -0.4 is 0 Å². The van der Waals surface area contributed by atoms with Crippen LogP contribution in [0.4, 0.5) is 0 Å². The highest BCUT2D eigenvalue weighted by Crippen LogP contribution is 2.29. The number of hydrogen-bond acceptors (Lipinski definition) is 7. The van der Waals surface area contributed by atoms with Gasteiger partial charge in [0.1, 0.15) is 0 Å². The average molecular weight is 399 g/mol. The van der Waals surface area contributed by atoms with Gasteiger partial charge < -0.3 is 14.6 Å². The summed E-state index contributed by atoms with van der Waals surface area (Å²) in [6.45, 7) is 1.64. The minimum absolute atomic E-state index is 0.0522. The molecule has 148 valence electrons. The first-order valence-corrected chi connectivity index (χ1v) is 9.59. The van der Waals surface area contributed by atoms with Crippen LogP contribution in [0.1, 0.15) is 34.1 Å². The van der Waals surface area contributed by atoms with Gasteiger partial charge in [-0.1, -0.05) is 6.92 Å². The summed E-state index contributed by atoms with van der Waals surface area (Å²) in [6, 6.07) is 3.48. The Bertz CT molecular complexity index is 864. The van der Waals surface area contributed by atoms with Gasteiger partial charge in [-0.15, -0.1) is 0 Å². The lowest BCUT2D eigenvalue weighted by molar-refractivity contribution is -0.143. The van der Waals surface area contributed by atoms with Crippen molar-refractivity contribution in [1.82, 2.24) is 4.31 Å². The summed E-state index contributed by atoms with van der Waals surface area (Å²) in [4.78, 5) is 34.8. The van der Waals surface area contributed by atoms with Crippen molar-refractivity contribution in [3.05, 3.63) is 29.3 Å². The number of esters is 2. The van der Waals surface area contributed by atoms with Crippen LogP contribution in [0.5, 0.6) is 0 Å². The molecule has 2 atom stereocenters. The largest absolute Gasteiger partial charge is 0.481 e. The number of aliphatic carboxylic acids is 1. The first-order chi connectivity index (χ1) is 12.6. The first-order valence-electron chi connectivity index (χ1n) is 8.15. The van der Waals surface area contributed by atoms with Gasteiger partial charge in [0.05, 0.1) is 36.2 Å². The Morgan fingerprint density at radius 1 is 1.11 bits per heavy atom. The molecule has 0 aromatic heterocycles. The molecule has 9 nitrogen and oxygen atoms in total. The average Bonchev–Trinajstić information content (AvgIpc) is 2.65. The molecule has 2 rings (SSSR count). The molecule has 1 aliphatic heterocycles. The smallest absolute Gasteiger partial charge is 0.339 e. The number of rotatable bonds is 5. The Labute approximate surface area is 156 Å². The third-order valence-corrected chi connectivity index (χ3v) is 6.27. The molecular weight excluding hydrogens is 378 g/mol. The lowest BCUT2D eigenvalue weighted by Crippen LogP contribution is -2.45. The maximum Gasteiger partial charge on any atom is 0.339 e. The molecule has 0 amide bonds. The lowest BCUT2D eigenvalue weighted by Gasteiger charge is -2.34. The van der Waals surface area contributed by atoms with Crippen molar-refractivity contribution in [2.24, 2.45) is 11.8 Å². The van der Waals surface area contributed by atoms with Crippen LogP contribution in [0.3, 0.4) is 0 Å². The van der Waals surface area contributed by atoms with Gasteiger partial charge in [0, 0.05) is 13.1 Å². The van der Waals surface area contributed by atoms with Crippen molar-refractivity contribution < 1.29 is 37.4 Å². The number of carboxylic acid groups (broad SMARTS) is 1. The van der Waals surface area contributed by atoms with E-state index in [2.05, 4.69) is 9.47 Å². The van der Waals surface area contributed by atoms with Crippen LogP contribution in [0.15, 0.2) is 23.1 Å². The van der Waals surface area contributed by atoms with Crippen LogP contribution in [0.25, 0.3) is 0 Å². The van der Waals surface area contributed by atoms with E-state index in [4.69, 9.17) is 0 Å². The Hall–Kier alpha value is -2.46. The van der Waals surface area contributed by atoms with Gasteiger partial charge in [-0.25, -0.2) is 18.0 Å². The summed E-state index contributed by atoms with van der Waals surface area (Å²) >= 11 is 0. The van der Waals surface area contributed by atoms with E-state index in [9.17, 15) is 27.9 Å². The Morgan fingerprint density at radius 3 is 2.30 bits per heavy atom. The number of methoxy groups -OCH3 is 2. The number of sulfonamides is 1. The molecule has 0 bridgehead atoms. The molecule has 1 aliphatic rings. The molecule has 27 heavy (non-hydrogen) atoms. The van der Waals surface area contributed by atoms with Gasteiger partial charge in [0.2, 0.25) is 10.0 Å².